The second kappa shape index (κ2) is 10.1. The van der Waals surface area contributed by atoms with E-state index in [4.69, 9.17) is 10.8 Å². The fraction of sp³-hybridized carbons (Fsp3) is 0.588. The Hall–Kier alpha value is -1.71. The summed E-state index contributed by atoms with van der Waals surface area (Å²) in [6, 6.07) is 4.82. The van der Waals surface area contributed by atoms with Crippen molar-refractivity contribution in [3.8, 4) is 0 Å². The molecular formula is C17H28N2O2. The van der Waals surface area contributed by atoms with Gasteiger partial charge in [0.25, 0.3) is 0 Å². The largest absolute Gasteiger partial charge is 0.478 e. The summed E-state index contributed by atoms with van der Waals surface area (Å²) >= 11 is 0. The Morgan fingerprint density at radius 2 is 1.71 bits per heavy atom. The molecule has 0 radical (unpaired) electrons. The van der Waals surface area contributed by atoms with Crippen molar-refractivity contribution in [1.82, 2.24) is 0 Å². The molecule has 1 rings (SSSR count). The number of benzene rings is 1. The molecule has 0 aliphatic heterocycles. The number of nitrogens with two attached hydrogens (primary N) is 1. The van der Waals surface area contributed by atoms with Crippen LogP contribution in [0.5, 0.6) is 0 Å². The van der Waals surface area contributed by atoms with E-state index in [2.05, 4.69) is 12.2 Å². The zero-order valence-corrected chi connectivity index (χ0v) is 13.0. The third-order valence-electron chi connectivity index (χ3n) is 3.64. The number of carbonyl (C=O) groups is 1. The Labute approximate surface area is 127 Å². The number of nitrogen functional groups attached to an aromatic ring is 1. The summed E-state index contributed by atoms with van der Waals surface area (Å²) in [6.07, 6.45) is 10.3. The van der Waals surface area contributed by atoms with Gasteiger partial charge in [0.2, 0.25) is 0 Å². The number of anilines is 2. The van der Waals surface area contributed by atoms with Crippen LogP contribution in [0.4, 0.5) is 11.4 Å². The number of nitrogens with one attached hydrogen (secondary N) is 1. The fourth-order valence-corrected chi connectivity index (χ4v) is 2.34. The van der Waals surface area contributed by atoms with Gasteiger partial charge in [0.1, 0.15) is 0 Å². The zero-order chi connectivity index (χ0) is 15.5. The molecule has 0 saturated carbocycles. The van der Waals surface area contributed by atoms with Gasteiger partial charge in [0.05, 0.1) is 16.9 Å². The van der Waals surface area contributed by atoms with Crippen molar-refractivity contribution < 1.29 is 9.90 Å². The van der Waals surface area contributed by atoms with E-state index < -0.39 is 5.97 Å². The molecule has 118 valence electrons. The smallest absolute Gasteiger partial charge is 0.335 e. The second-order valence-corrected chi connectivity index (χ2v) is 5.51. The van der Waals surface area contributed by atoms with Gasteiger partial charge in [-0.25, -0.2) is 4.79 Å². The first kappa shape index (κ1) is 17.3. The van der Waals surface area contributed by atoms with E-state index in [0.29, 0.717) is 5.69 Å². The lowest BCUT2D eigenvalue weighted by Crippen LogP contribution is -2.06. The maximum atomic E-state index is 10.8. The van der Waals surface area contributed by atoms with Gasteiger partial charge >= 0.3 is 5.97 Å². The van der Waals surface area contributed by atoms with Crippen LogP contribution in [0.1, 0.15) is 68.6 Å². The lowest BCUT2D eigenvalue weighted by atomic mass is 10.1. The van der Waals surface area contributed by atoms with Gasteiger partial charge < -0.3 is 16.2 Å². The molecule has 0 fully saturated rings. The van der Waals surface area contributed by atoms with E-state index in [1.165, 1.54) is 51.0 Å². The molecule has 0 aliphatic rings. The molecule has 0 amide bonds. The van der Waals surface area contributed by atoms with Crippen LogP contribution in [0.15, 0.2) is 18.2 Å². The van der Waals surface area contributed by atoms with E-state index in [1.54, 1.807) is 12.1 Å². The standard InChI is InChI=1S/C17H28N2O2/c1-2-3-4-5-6-7-8-9-12-19-16-11-10-14(17(20)21)13-15(16)18/h10-11,13,19H,2-9,12,18H2,1H3,(H,20,21). The van der Waals surface area contributed by atoms with Crippen molar-refractivity contribution in [3.05, 3.63) is 23.8 Å². The molecule has 4 nitrogen and oxygen atoms in total. The van der Waals surface area contributed by atoms with Crippen molar-refractivity contribution >= 4 is 17.3 Å². The van der Waals surface area contributed by atoms with E-state index in [9.17, 15) is 4.79 Å². The molecule has 4 heteroatoms. The van der Waals surface area contributed by atoms with Crippen LogP contribution in [0.2, 0.25) is 0 Å². The van der Waals surface area contributed by atoms with E-state index in [-0.39, 0.29) is 5.56 Å². The first-order chi connectivity index (χ1) is 10.1. The topological polar surface area (TPSA) is 75.3 Å². The predicted molar refractivity (Wildman–Crippen MR) is 88.9 cm³/mol. The third-order valence-corrected chi connectivity index (χ3v) is 3.64. The Morgan fingerprint density at radius 1 is 1.10 bits per heavy atom. The van der Waals surface area contributed by atoms with Crippen molar-refractivity contribution in [2.75, 3.05) is 17.6 Å². The molecule has 0 aliphatic carbocycles. The van der Waals surface area contributed by atoms with Crippen LogP contribution in [0, 0.1) is 0 Å². The summed E-state index contributed by atoms with van der Waals surface area (Å²) in [5.41, 5.74) is 7.39. The molecule has 0 saturated heterocycles. The molecule has 0 bridgehead atoms. The van der Waals surface area contributed by atoms with Crippen molar-refractivity contribution in [1.29, 1.82) is 0 Å². The highest BCUT2D eigenvalue weighted by molar-refractivity contribution is 5.90. The zero-order valence-electron chi connectivity index (χ0n) is 13.0. The number of carboxylic acids is 1. The maximum absolute atomic E-state index is 10.8. The van der Waals surface area contributed by atoms with E-state index in [1.807, 2.05) is 0 Å². The van der Waals surface area contributed by atoms with Gasteiger partial charge in [-0.15, -0.1) is 0 Å². The number of carboxylic acid groups (broad SMARTS) is 1. The summed E-state index contributed by atoms with van der Waals surface area (Å²) in [5, 5.41) is 12.1. The molecule has 0 spiro atoms. The lowest BCUT2D eigenvalue weighted by molar-refractivity contribution is 0.0697. The van der Waals surface area contributed by atoms with Crippen LogP contribution in [0.3, 0.4) is 0 Å². The molecule has 1 aromatic rings. The van der Waals surface area contributed by atoms with Crippen LogP contribution < -0.4 is 11.1 Å². The van der Waals surface area contributed by atoms with Crippen molar-refractivity contribution in [2.45, 2.75) is 58.3 Å². The average molecular weight is 292 g/mol. The molecular weight excluding hydrogens is 264 g/mol. The van der Waals surface area contributed by atoms with Crippen LogP contribution in [-0.2, 0) is 0 Å². The monoisotopic (exact) mass is 292 g/mol. The number of unbranched alkanes of at least 4 members (excludes halogenated alkanes) is 7. The summed E-state index contributed by atoms with van der Waals surface area (Å²) in [4.78, 5) is 10.8. The molecule has 21 heavy (non-hydrogen) atoms. The lowest BCUT2D eigenvalue weighted by Gasteiger charge is -2.10. The van der Waals surface area contributed by atoms with Crippen molar-refractivity contribution in [3.63, 3.8) is 0 Å². The van der Waals surface area contributed by atoms with Gasteiger partial charge in [0, 0.05) is 6.54 Å². The maximum Gasteiger partial charge on any atom is 0.335 e. The van der Waals surface area contributed by atoms with Crippen LogP contribution in [0.25, 0.3) is 0 Å². The summed E-state index contributed by atoms with van der Waals surface area (Å²) in [5.74, 6) is -0.948. The summed E-state index contributed by atoms with van der Waals surface area (Å²) in [6.45, 7) is 3.12. The Morgan fingerprint density at radius 3 is 2.29 bits per heavy atom. The van der Waals surface area contributed by atoms with Gasteiger partial charge in [-0.2, -0.15) is 0 Å². The normalized spacial score (nSPS) is 10.5. The highest BCUT2D eigenvalue weighted by Crippen LogP contribution is 2.20. The third kappa shape index (κ3) is 7.02. The molecule has 0 unspecified atom stereocenters. The molecule has 0 atom stereocenters. The Balaban J connectivity index is 2.14. The summed E-state index contributed by atoms with van der Waals surface area (Å²) < 4.78 is 0. The highest BCUT2D eigenvalue weighted by atomic mass is 16.4. The van der Waals surface area contributed by atoms with Gasteiger partial charge in [-0.3, -0.25) is 0 Å². The second-order valence-electron chi connectivity index (χ2n) is 5.51. The minimum atomic E-state index is -0.948. The van der Waals surface area contributed by atoms with Crippen LogP contribution in [-0.4, -0.2) is 17.6 Å². The van der Waals surface area contributed by atoms with E-state index in [0.717, 1.165) is 18.7 Å². The van der Waals surface area contributed by atoms with E-state index >= 15 is 0 Å². The quantitative estimate of drug-likeness (QED) is 0.414. The number of hydrogen-bond donors (Lipinski definition) is 3. The highest BCUT2D eigenvalue weighted by Gasteiger charge is 2.05. The first-order valence-corrected chi connectivity index (χ1v) is 8.02. The first-order valence-electron chi connectivity index (χ1n) is 8.02. The summed E-state index contributed by atoms with van der Waals surface area (Å²) in [7, 11) is 0. The number of aromatic carboxylic acids is 1. The molecule has 0 aromatic heterocycles. The number of rotatable bonds is 11. The predicted octanol–water partition coefficient (Wildman–Crippen LogP) is 4.52. The average Bonchev–Trinajstić information content (AvgIpc) is 2.46. The van der Waals surface area contributed by atoms with Gasteiger partial charge in [0.15, 0.2) is 0 Å². The number of hydrogen-bond acceptors (Lipinski definition) is 3. The molecule has 0 heterocycles. The fourth-order valence-electron chi connectivity index (χ4n) is 2.34. The Bertz CT molecular complexity index is 433. The SMILES string of the molecule is CCCCCCCCCCNc1ccc(C(=O)O)cc1N. The van der Waals surface area contributed by atoms with Crippen LogP contribution >= 0.6 is 0 Å². The molecule has 4 N–H and O–H groups in total. The minimum Gasteiger partial charge on any atom is -0.478 e. The minimum absolute atomic E-state index is 0.227. The Kier molecular flexibility index (Phi) is 8.32. The van der Waals surface area contributed by atoms with Crippen molar-refractivity contribution in [2.24, 2.45) is 0 Å². The molecule has 1 aromatic carbocycles. The van der Waals surface area contributed by atoms with Gasteiger partial charge in [-0.05, 0) is 24.6 Å². The van der Waals surface area contributed by atoms with Gasteiger partial charge in [-0.1, -0.05) is 51.9 Å².